The fraction of sp³-hybridized carbons (Fsp3) is 0.200. The Bertz CT molecular complexity index is 535. The highest BCUT2D eigenvalue weighted by Gasteiger charge is 2.27. The molecule has 0 spiro atoms. The second-order valence-electron chi connectivity index (χ2n) is 4.35. The van der Waals surface area contributed by atoms with E-state index in [0.29, 0.717) is 10.8 Å². The Hall–Kier alpha value is -1.00. The highest BCUT2D eigenvalue weighted by Crippen LogP contribution is 2.30. The van der Waals surface area contributed by atoms with Crippen LogP contribution in [0.2, 0.25) is 5.02 Å². The first kappa shape index (κ1) is 14.4. The van der Waals surface area contributed by atoms with Crippen molar-refractivity contribution in [3.05, 3.63) is 65.2 Å². The Morgan fingerprint density at radius 3 is 2.47 bits per heavy atom. The van der Waals surface area contributed by atoms with Crippen molar-refractivity contribution in [2.75, 3.05) is 12.3 Å². The summed E-state index contributed by atoms with van der Waals surface area (Å²) < 4.78 is 0. The maximum atomic E-state index is 10.6. The van der Waals surface area contributed by atoms with Crippen LogP contribution in [0.4, 0.5) is 0 Å². The van der Waals surface area contributed by atoms with Gasteiger partial charge in [-0.25, -0.2) is 0 Å². The topological polar surface area (TPSA) is 46.2 Å². The molecule has 2 aromatic carbocycles. The van der Waals surface area contributed by atoms with Gasteiger partial charge >= 0.3 is 0 Å². The van der Waals surface area contributed by atoms with E-state index < -0.39 is 5.60 Å². The SMILES string of the molecule is NCC(O)(CSc1cccc(Cl)c1)c1ccccc1. The third kappa shape index (κ3) is 3.74. The number of benzene rings is 2. The smallest absolute Gasteiger partial charge is 0.111 e. The Balaban J connectivity index is 2.11. The van der Waals surface area contributed by atoms with Gasteiger partial charge in [0, 0.05) is 22.2 Å². The molecule has 0 saturated carbocycles. The van der Waals surface area contributed by atoms with Crippen LogP contribution in [-0.2, 0) is 5.60 Å². The maximum absolute atomic E-state index is 10.6. The average Bonchev–Trinajstić information content (AvgIpc) is 2.46. The van der Waals surface area contributed by atoms with Gasteiger partial charge in [-0.3, -0.25) is 0 Å². The lowest BCUT2D eigenvalue weighted by atomic mass is 9.96. The van der Waals surface area contributed by atoms with Gasteiger partial charge in [0.15, 0.2) is 0 Å². The van der Waals surface area contributed by atoms with Crippen molar-refractivity contribution in [3.8, 4) is 0 Å². The van der Waals surface area contributed by atoms with E-state index >= 15 is 0 Å². The summed E-state index contributed by atoms with van der Waals surface area (Å²) in [7, 11) is 0. The van der Waals surface area contributed by atoms with E-state index in [1.807, 2.05) is 54.6 Å². The molecule has 3 N–H and O–H groups in total. The maximum Gasteiger partial charge on any atom is 0.111 e. The van der Waals surface area contributed by atoms with E-state index in [-0.39, 0.29) is 6.54 Å². The number of aliphatic hydroxyl groups is 1. The van der Waals surface area contributed by atoms with Crippen LogP contribution < -0.4 is 5.73 Å². The van der Waals surface area contributed by atoms with Gasteiger partial charge in [-0.2, -0.15) is 0 Å². The minimum atomic E-state index is -1.02. The van der Waals surface area contributed by atoms with E-state index in [0.717, 1.165) is 10.5 Å². The van der Waals surface area contributed by atoms with Gasteiger partial charge in [0.05, 0.1) is 0 Å². The third-order valence-electron chi connectivity index (χ3n) is 2.92. The van der Waals surface area contributed by atoms with E-state index in [2.05, 4.69) is 0 Å². The molecular formula is C15H16ClNOS. The molecule has 0 saturated heterocycles. The van der Waals surface area contributed by atoms with Gasteiger partial charge in [-0.05, 0) is 23.8 Å². The van der Waals surface area contributed by atoms with Gasteiger partial charge < -0.3 is 10.8 Å². The molecule has 2 aromatic rings. The van der Waals surface area contributed by atoms with Crippen molar-refractivity contribution in [1.82, 2.24) is 0 Å². The quantitative estimate of drug-likeness (QED) is 0.832. The van der Waals surface area contributed by atoms with Crippen molar-refractivity contribution < 1.29 is 5.11 Å². The lowest BCUT2D eigenvalue weighted by Crippen LogP contribution is -2.37. The summed E-state index contributed by atoms with van der Waals surface area (Å²) in [5, 5.41) is 11.3. The largest absolute Gasteiger partial charge is 0.383 e. The second kappa shape index (κ2) is 6.44. The Labute approximate surface area is 122 Å². The first-order valence-corrected chi connectivity index (χ1v) is 7.37. The molecule has 0 aliphatic heterocycles. The van der Waals surface area contributed by atoms with Gasteiger partial charge in [0.25, 0.3) is 0 Å². The van der Waals surface area contributed by atoms with Crippen molar-refractivity contribution in [2.45, 2.75) is 10.5 Å². The van der Waals surface area contributed by atoms with Crippen LogP contribution >= 0.6 is 23.4 Å². The van der Waals surface area contributed by atoms with E-state index in [4.69, 9.17) is 17.3 Å². The van der Waals surface area contributed by atoms with Crippen LogP contribution in [0, 0.1) is 0 Å². The molecule has 100 valence electrons. The van der Waals surface area contributed by atoms with Crippen LogP contribution in [0.1, 0.15) is 5.56 Å². The van der Waals surface area contributed by atoms with Gasteiger partial charge in [0.2, 0.25) is 0 Å². The first-order chi connectivity index (χ1) is 9.14. The minimum absolute atomic E-state index is 0.185. The molecule has 2 nitrogen and oxygen atoms in total. The zero-order chi connectivity index (χ0) is 13.7. The zero-order valence-corrected chi connectivity index (χ0v) is 12.0. The van der Waals surface area contributed by atoms with Crippen LogP contribution in [0.3, 0.4) is 0 Å². The van der Waals surface area contributed by atoms with Crippen LogP contribution in [0.25, 0.3) is 0 Å². The van der Waals surface area contributed by atoms with Crippen molar-refractivity contribution in [1.29, 1.82) is 0 Å². The zero-order valence-electron chi connectivity index (χ0n) is 10.4. The van der Waals surface area contributed by atoms with Crippen molar-refractivity contribution in [3.63, 3.8) is 0 Å². The van der Waals surface area contributed by atoms with Crippen molar-refractivity contribution >= 4 is 23.4 Å². The lowest BCUT2D eigenvalue weighted by molar-refractivity contribution is 0.0721. The Kier molecular flexibility index (Phi) is 4.88. The van der Waals surface area contributed by atoms with E-state index in [1.54, 1.807) is 11.8 Å². The van der Waals surface area contributed by atoms with Gasteiger partial charge in [0.1, 0.15) is 5.60 Å². The fourth-order valence-corrected chi connectivity index (χ4v) is 3.10. The normalized spacial score (nSPS) is 14.1. The molecule has 0 radical (unpaired) electrons. The second-order valence-corrected chi connectivity index (χ2v) is 5.83. The minimum Gasteiger partial charge on any atom is -0.383 e. The Morgan fingerprint density at radius 2 is 1.84 bits per heavy atom. The standard InChI is InChI=1S/C15H16ClNOS/c16-13-7-4-8-14(9-13)19-11-15(18,10-17)12-5-2-1-3-6-12/h1-9,18H,10-11,17H2. The Morgan fingerprint density at radius 1 is 1.11 bits per heavy atom. The van der Waals surface area contributed by atoms with E-state index in [9.17, 15) is 5.11 Å². The summed E-state index contributed by atoms with van der Waals surface area (Å²) in [6.07, 6.45) is 0. The molecule has 0 heterocycles. The van der Waals surface area contributed by atoms with Gasteiger partial charge in [-0.15, -0.1) is 11.8 Å². The summed E-state index contributed by atoms with van der Waals surface area (Å²) in [4.78, 5) is 1.02. The molecular weight excluding hydrogens is 278 g/mol. The lowest BCUT2D eigenvalue weighted by Gasteiger charge is -2.26. The van der Waals surface area contributed by atoms with Crippen molar-refractivity contribution in [2.24, 2.45) is 5.73 Å². The number of hydrogen-bond donors (Lipinski definition) is 2. The summed E-state index contributed by atoms with van der Waals surface area (Å²) in [6, 6.07) is 17.1. The molecule has 0 amide bonds. The number of nitrogens with two attached hydrogens (primary N) is 1. The fourth-order valence-electron chi connectivity index (χ4n) is 1.77. The third-order valence-corrected chi connectivity index (χ3v) is 4.37. The molecule has 0 aliphatic rings. The molecule has 1 unspecified atom stereocenters. The summed E-state index contributed by atoms with van der Waals surface area (Å²) in [5.74, 6) is 0.494. The summed E-state index contributed by atoms with van der Waals surface area (Å²) >= 11 is 7.49. The number of hydrogen-bond acceptors (Lipinski definition) is 3. The predicted molar refractivity (Wildman–Crippen MR) is 81.6 cm³/mol. The average molecular weight is 294 g/mol. The summed E-state index contributed by atoms with van der Waals surface area (Å²) in [6.45, 7) is 0.185. The number of thioether (sulfide) groups is 1. The molecule has 0 aliphatic carbocycles. The monoisotopic (exact) mass is 293 g/mol. The molecule has 2 rings (SSSR count). The van der Waals surface area contributed by atoms with Crippen LogP contribution in [-0.4, -0.2) is 17.4 Å². The first-order valence-electron chi connectivity index (χ1n) is 6.00. The molecule has 0 aromatic heterocycles. The molecule has 0 fully saturated rings. The number of halogens is 1. The molecule has 0 bridgehead atoms. The van der Waals surface area contributed by atoms with Crippen LogP contribution in [0.15, 0.2) is 59.5 Å². The highest BCUT2D eigenvalue weighted by molar-refractivity contribution is 7.99. The predicted octanol–water partition coefficient (Wildman–Crippen LogP) is 3.28. The molecule has 1 atom stereocenters. The van der Waals surface area contributed by atoms with Gasteiger partial charge in [-0.1, -0.05) is 48.0 Å². The summed E-state index contributed by atoms with van der Waals surface area (Å²) in [5.41, 5.74) is 5.56. The highest BCUT2D eigenvalue weighted by atomic mass is 35.5. The molecule has 4 heteroatoms. The molecule has 19 heavy (non-hydrogen) atoms. The van der Waals surface area contributed by atoms with Crippen LogP contribution in [0.5, 0.6) is 0 Å². The van der Waals surface area contributed by atoms with E-state index in [1.165, 1.54) is 0 Å². The number of rotatable bonds is 5.